The number of para-hydroxylation sites is 1. The summed E-state index contributed by atoms with van der Waals surface area (Å²) in [7, 11) is 1.54. The number of methoxy groups -OCH3 is 1. The van der Waals surface area contributed by atoms with Crippen LogP contribution < -0.4 is 14.8 Å². The summed E-state index contributed by atoms with van der Waals surface area (Å²) < 4.78 is 11.7. The summed E-state index contributed by atoms with van der Waals surface area (Å²) in [5.41, 5.74) is 3.41. The first kappa shape index (κ1) is 27.5. The van der Waals surface area contributed by atoms with Crippen molar-refractivity contribution in [3.8, 4) is 11.5 Å². The second kappa shape index (κ2) is 13.8. The Bertz CT molecular complexity index is 1300. The Balaban J connectivity index is 1.60. The summed E-state index contributed by atoms with van der Waals surface area (Å²) in [4.78, 5) is 25.8. The molecule has 4 rings (SSSR count). The molecule has 200 valence electrons. The van der Waals surface area contributed by atoms with Crippen LogP contribution in [0.15, 0.2) is 109 Å². The van der Waals surface area contributed by atoms with Crippen LogP contribution in [0, 0.1) is 0 Å². The van der Waals surface area contributed by atoms with Crippen LogP contribution >= 0.6 is 0 Å². The molecular weight excluding hydrogens is 490 g/mol. The van der Waals surface area contributed by atoms with Crippen molar-refractivity contribution in [3.05, 3.63) is 131 Å². The lowest BCUT2D eigenvalue weighted by molar-refractivity contribution is -0.137. The van der Waals surface area contributed by atoms with E-state index in [-0.39, 0.29) is 12.3 Å². The highest BCUT2D eigenvalue weighted by atomic mass is 16.5. The number of hydrogen-bond acceptors (Lipinski definition) is 4. The molecule has 0 aliphatic heterocycles. The van der Waals surface area contributed by atoms with Crippen molar-refractivity contribution >= 4 is 11.9 Å². The molecule has 0 aliphatic carbocycles. The van der Waals surface area contributed by atoms with E-state index in [1.54, 1.807) is 25.3 Å². The Morgan fingerprint density at radius 2 is 1.38 bits per heavy atom. The van der Waals surface area contributed by atoms with Crippen LogP contribution in [0.1, 0.15) is 47.1 Å². The van der Waals surface area contributed by atoms with E-state index in [9.17, 15) is 14.7 Å². The number of ether oxygens (including phenoxy) is 2. The van der Waals surface area contributed by atoms with Crippen molar-refractivity contribution in [3.63, 3.8) is 0 Å². The topological polar surface area (TPSA) is 84.9 Å². The number of carboxylic acids is 1. The van der Waals surface area contributed by atoms with E-state index in [1.807, 2.05) is 78.9 Å². The summed E-state index contributed by atoms with van der Waals surface area (Å²) in [5, 5.41) is 12.8. The zero-order valence-corrected chi connectivity index (χ0v) is 22.0. The van der Waals surface area contributed by atoms with Gasteiger partial charge < -0.3 is 19.9 Å². The Kier molecular flexibility index (Phi) is 9.73. The van der Waals surface area contributed by atoms with Crippen molar-refractivity contribution in [1.29, 1.82) is 0 Å². The van der Waals surface area contributed by atoms with Crippen LogP contribution in [0.3, 0.4) is 0 Å². The molecule has 4 aromatic rings. The number of nitrogens with one attached hydrogen (secondary N) is 1. The lowest BCUT2D eigenvalue weighted by Gasteiger charge is -2.25. The molecule has 6 heteroatoms. The number of benzene rings is 4. The first-order valence-corrected chi connectivity index (χ1v) is 13.0. The molecule has 0 fully saturated rings. The van der Waals surface area contributed by atoms with Crippen molar-refractivity contribution in [2.24, 2.45) is 0 Å². The maximum Gasteiger partial charge on any atom is 0.305 e. The summed E-state index contributed by atoms with van der Waals surface area (Å²) >= 11 is 0. The third kappa shape index (κ3) is 7.48. The summed E-state index contributed by atoms with van der Waals surface area (Å²) in [6.07, 6.45) is 1.30. The predicted molar refractivity (Wildman–Crippen MR) is 151 cm³/mol. The van der Waals surface area contributed by atoms with Gasteiger partial charge in [-0.2, -0.15) is 0 Å². The average Bonchev–Trinajstić information content (AvgIpc) is 2.96. The molecular formula is C33H33NO5. The van der Waals surface area contributed by atoms with Gasteiger partial charge in [0.05, 0.1) is 32.1 Å². The second-order valence-corrected chi connectivity index (χ2v) is 9.23. The molecule has 0 aromatic heterocycles. The van der Waals surface area contributed by atoms with Gasteiger partial charge in [-0.3, -0.25) is 9.59 Å². The fourth-order valence-corrected chi connectivity index (χ4v) is 4.67. The van der Waals surface area contributed by atoms with Crippen molar-refractivity contribution < 1.29 is 24.2 Å². The average molecular weight is 524 g/mol. The monoisotopic (exact) mass is 523 g/mol. The van der Waals surface area contributed by atoms with Gasteiger partial charge >= 0.3 is 5.97 Å². The normalized spacial score (nSPS) is 11.5. The molecule has 6 nitrogen and oxygen atoms in total. The first-order chi connectivity index (χ1) is 19.1. The van der Waals surface area contributed by atoms with Crippen LogP contribution in [0.25, 0.3) is 0 Å². The molecule has 4 aromatic carbocycles. The Morgan fingerprint density at radius 3 is 1.95 bits per heavy atom. The second-order valence-electron chi connectivity index (χ2n) is 9.23. The highest BCUT2D eigenvalue weighted by Crippen LogP contribution is 2.37. The minimum Gasteiger partial charge on any atom is -0.493 e. The smallest absolute Gasteiger partial charge is 0.305 e. The molecule has 0 heterocycles. The Morgan fingerprint density at radius 1 is 0.795 bits per heavy atom. The highest BCUT2D eigenvalue weighted by Gasteiger charge is 2.29. The predicted octanol–water partition coefficient (Wildman–Crippen LogP) is 6.17. The van der Waals surface area contributed by atoms with E-state index < -0.39 is 17.9 Å². The molecule has 0 saturated carbocycles. The van der Waals surface area contributed by atoms with Crippen molar-refractivity contribution in [2.75, 3.05) is 13.7 Å². The van der Waals surface area contributed by atoms with Gasteiger partial charge in [0, 0.05) is 5.56 Å². The van der Waals surface area contributed by atoms with Crippen molar-refractivity contribution in [1.82, 2.24) is 5.32 Å². The number of carbonyl (C=O) groups is 2. The zero-order chi connectivity index (χ0) is 27.5. The van der Waals surface area contributed by atoms with E-state index in [0.717, 1.165) is 24.0 Å². The van der Waals surface area contributed by atoms with Crippen LogP contribution in [-0.4, -0.2) is 30.7 Å². The molecule has 0 radical (unpaired) electrons. The van der Waals surface area contributed by atoms with Gasteiger partial charge in [0.2, 0.25) is 5.91 Å². The maximum absolute atomic E-state index is 13.8. The maximum atomic E-state index is 13.8. The molecule has 0 bridgehead atoms. The minimum absolute atomic E-state index is 0.295. The number of carboxylic acid groups (broad SMARTS) is 1. The standard InChI is InChI=1S/C33H33NO5/c1-38-29-21-11-20-27(32(29)39-22-12-15-24-13-5-2-6-14-24)28(23-30(35)36)34-33(37)31(25-16-7-3-8-17-25)26-18-9-4-10-19-26/h2-11,13-14,16-21,28,31H,12,15,22-23H2,1H3,(H,34,37)(H,35,36). The van der Waals surface area contributed by atoms with E-state index >= 15 is 0 Å². The third-order valence-electron chi connectivity index (χ3n) is 6.53. The quantitative estimate of drug-likeness (QED) is 0.205. The number of rotatable bonds is 13. The number of carbonyl (C=O) groups excluding carboxylic acids is 1. The van der Waals surface area contributed by atoms with Gasteiger partial charge in [-0.15, -0.1) is 0 Å². The lowest BCUT2D eigenvalue weighted by atomic mass is 9.89. The molecule has 39 heavy (non-hydrogen) atoms. The Labute approximate surface area is 229 Å². The van der Waals surface area contributed by atoms with Crippen molar-refractivity contribution in [2.45, 2.75) is 31.2 Å². The van der Waals surface area contributed by atoms with E-state index in [2.05, 4.69) is 17.4 Å². The minimum atomic E-state index is -1.03. The summed E-state index contributed by atoms with van der Waals surface area (Å²) in [5.74, 6) is -1.01. The number of amides is 1. The van der Waals surface area contributed by atoms with Crippen LogP contribution in [0.5, 0.6) is 11.5 Å². The molecule has 2 N–H and O–H groups in total. The number of aryl methyl sites for hydroxylation is 1. The molecule has 0 saturated heterocycles. The fourth-order valence-electron chi connectivity index (χ4n) is 4.67. The summed E-state index contributed by atoms with van der Waals surface area (Å²) in [6.45, 7) is 0.409. The van der Waals surface area contributed by atoms with E-state index in [0.29, 0.717) is 23.7 Å². The van der Waals surface area contributed by atoms with Gasteiger partial charge in [0.1, 0.15) is 0 Å². The number of hydrogen-bond donors (Lipinski definition) is 2. The SMILES string of the molecule is COc1cccc(C(CC(=O)O)NC(=O)C(c2ccccc2)c2ccccc2)c1OCCCc1ccccc1. The van der Waals surface area contributed by atoms with Gasteiger partial charge in [-0.25, -0.2) is 0 Å². The van der Waals surface area contributed by atoms with Gasteiger partial charge in [0.15, 0.2) is 11.5 Å². The van der Waals surface area contributed by atoms with E-state index in [1.165, 1.54) is 5.56 Å². The molecule has 1 amide bonds. The van der Waals surface area contributed by atoms with E-state index in [4.69, 9.17) is 9.47 Å². The number of aliphatic carboxylic acids is 1. The molecule has 1 atom stereocenters. The zero-order valence-electron chi connectivity index (χ0n) is 22.0. The molecule has 1 unspecified atom stereocenters. The first-order valence-electron chi connectivity index (χ1n) is 13.0. The highest BCUT2D eigenvalue weighted by molar-refractivity contribution is 5.88. The van der Waals surface area contributed by atoms with Gasteiger partial charge in [-0.05, 0) is 35.6 Å². The molecule has 0 spiro atoms. The van der Waals surface area contributed by atoms with Gasteiger partial charge in [-0.1, -0.05) is 103 Å². The van der Waals surface area contributed by atoms with Crippen LogP contribution in [-0.2, 0) is 16.0 Å². The largest absolute Gasteiger partial charge is 0.493 e. The van der Waals surface area contributed by atoms with Gasteiger partial charge in [0.25, 0.3) is 0 Å². The Hall–Kier alpha value is -4.58. The van der Waals surface area contributed by atoms with Crippen LogP contribution in [0.4, 0.5) is 0 Å². The lowest BCUT2D eigenvalue weighted by Crippen LogP contribution is -2.35. The fraction of sp³-hybridized carbons (Fsp3) is 0.212. The third-order valence-corrected chi connectivity index (χ3v) is 6.53. The summed E-state index contributed by atoms with van der Waals surface area (Å²) in [6, 6.07) is 33.6. The van der Waals surface area contributed by atoms with Crippen LogP contribution in [0.2, 0.25) is 0 Å². The molecule has 0 aliphatic rings.